The third kappa shape index (κ3) is 5.25. The van der Waals surface area contributed by atoms with E-state index in [1.165, 1.54) is 23.5 Å². The smallest absolute Gasteiger partial charge is 0.208 e. The molecule has 0 saturated carbocycles. The molecule has 3 rings (SSSR count). The van der Waals surface area contributed by atoms with Crippen molar-refractivity contribution in [2.75, 3.05) is 30.4 Å². The molecule has 0 atom stereocenters. The normalized spacial score (nSPS) is 11.8. The number of benzene rings is 1. The molecular formula is C15H16F2N6O2S3. The largest absolute Gasteiger partial charge is 0.375 e. The van der Waals surface area contributed by atoms with Gasteiger partial charge >= 0.3 is 0 Å². The summed E-state index contributed by atoms with van der Waals surface area (Å²) in [6.07, 6.45) is 1.07. The minimum absolute atomic E-state index is 0.129. The van der Waals surface area contributed by atoms with Gasteiger partial charge in [0.05, 0.1) is 6.26 Å². The number of rotatable bonds is 8. The SMILES string of the molecule is CS(=O)(=O)NCCNc1nc(SCc2cccc(F)c2F)nc2nc(N)sc12. The van der Waals surface area contributed by atoms with Crippen LogP contribution < -0.4 is 15.8 Å². The van der Waals surface area contributed by atoms with Crippen molar-refractivity contribution in [3.05, 3.63) is 35.4 Å². The topological polar surface area (TPSA) is 123 Å². The number of hydrogen-bond donors (Lipinski definition) is 3. The Kier molecular flexibility index (Phi) is 6.27. The fourth-order valence-corrected chi connectivity index (χ4v) is 4.25. The number of fused-ring (bicyclic) bond motifs is 1. The summed E-state index contributed by atoms with van der Waals surface area (Å²) in [5.74, 6) is -1.25. The standard InChI is InChI=1S/C15H16F2N6O2S3/c1-28(24,25)20-6-5-19-12-11-13(21-14(18)27-11)23-15(22-12)26-7-8-3-2-4-9(16)10(8)17/h2-4,20H,5-7H2,1H3,(H3,18,19,21,22,23). The Bertz CT molecular complexity index is 1110. The second kappa shape index (κ2) is 8.51. The third-order valence-electron chi connectivity index (χ3n) is 3.42. The van der Waals surface area contributed by atoms with Crippen LogP contribution in [0.15, 0.2) is 23.4 Å². The van der Waals surface area contributed by atoms with Gasteiger partial charge < -0.3 is 11.1 Å². The minimum Gasteiger partial charge on any atom is -0.375 e. The van der Waals surface area contributed by atoms with E-state index in [1.54, 1.807) is 0 Å². The Morgan fingerprint density at radius 1 is 1.21 bits per heavy atom. The van der Waals surface area contributed by atoms with E-state index in [0.29, 0.717) is 26.5 Å². The van der Waals surface area contributed by atoms with E-state index in [2.05, 4.69) is 25.0 Å². The Balaban J connectivity index is 1.78. The lowest BCUT2D eigenvalue weighted by Crippen LogP contribution is -2.27. The second-order valence-electron chi connectivity index (χ2n) is 5.65. The zero-order chi connectivity index (χ0) is 20.3. The minimum atomic E-state index is -3.29. The number of nitrogens with zero attached hydrogens (tertiary/aromatic N) is 3. The zero-order valence-electron chi connectivity index (χ0n) is 14.6. The highest BCUT2D eigenvalue weighted by Gasteiger charge is 2.14. The molecule has 0 unspecified atom stereocenters. The van der Waals surface area contributed by atoms with Crippen molar-refractivity contribution in [3.8, 4) is 0 Å². The first kappa shape index (κ1) is 20.6. The van der Waals surface area contributed by atoms with Gasteiger partial charge in [0, 0.05) is 24.4 Å². The zero-order valence-corrected chi connectivity index (χ0v) is 17.0. The highest BCUT2D eigenvalue weighted by atomic mass is 32.2. The lowest BCUT2D eigenvalue weighted by Gasteiger charge is -2.08. The number of thiazole rings is 1. The van der Waals surface area contributed by atoms with Crippen LogP contribution in [-0.4, -0.2) is 42.7 Å². The summed E-state index contributed by atoms with van der Waals surface area (Å²) in [7, 11) is -3.29. The van der Waals surface area contributed by atoms with Gasteiger partial charge in [0.2, 0.25) is 10.0 Å². The van der Waals surface area contributed by atoms with Crippen LogP contribution in [-0.2, 0) is 15.8 Å². The van der Waals surface area contributed by atoms with E-state index in [-0.39, 0.29) is 24.4 Å². The Morgan fingerprint density at radius 3 is 2.75 bits per heavy atom. The molecular weight excluding hydrogens is 430 g/mol. The van der Waals surface area contributed by atoms with Gasteiger partial charge in [0.15, 0.2) is 33.4 Å². The van der Waals surface area contributed by atoms with Gasteiger partial charge in [-0.3, -0.25) is 0 Å². The maximum atomic E-state index is 13.8. The molecule has 2 aromatic heterocycles. The van der Waals surface area contributed by atoms with Crippen molar-refractivity contribution >= 4 is 54.4 Å². The molecule has 0 aliphatic carbocycles. The molecule has 8 nitrogen and oxygen atoms in total. The van der Waals surface area contributed by atoms with Crippen LogP contribution in [0, 0.1) is 11.6 Å². The average molecular weight is 447 g/mol. The summed E-state index contributed by atoms with van der Waals surface area (Å²) < 4.78 is 52.4. The number of nitrogens with one attached hydrogen (secondary N) is 2. The number of nitrogens with two attached hydrogens (primary N) is 1. The lowest BCUT2D eigenvalue weighted by atomic mass is 10.2. The van der Waals surface area contributed by atoms with Crippen LogP contribution in [0.25, 0.3) is 10.3 Å². The van der Waals surface area contributed by atoms with Crippen LogP contribution in [0.5, 0.6) is 0 Å². The number of halogens is 2. The van der Waals surface area contributed by atoms with Crippen LogP contribution in [0.1, 0.15) is 5.56 Å². The second-order valence-corrected chi connectivity index (χ2v) is 9.46. The molecule has 0 aliphatic rings. The van der Waals surface area contributed by atoms with Crippen LogP contribution in [0.3, 0.4) is 0 Å². The summed E-state index contributed by atoms with van der Waals surface area (Å²) in [6.45, 7) is 0.440. The fourth-order valence-electron chi connectivity index (χ4n) is 2.22. The van der Waals surface area contributed by atoms with Gasteiger partial charge in [0.25, 0.3) is 0 Å². The van der Waals surface area contributed by atoms with Gasteiger partial charge in [-0.05, 0) is 6.07 Å². The van der Waals surface area contributed by atoms with Crippen molar-refractivity contribution in [2.24, 2.45) is 0 Å². The van der Waals surface area contributed by atoms with Gasteiger partial charge in [-0.15, -0.1) is 0 Å². The molecule has 0 fully saturated rings. The lowest BCUT2D eigenvalue weighted by molar-refractivity contribution is 0.502. The Labute approximate surface area is 168 Å². The van der Waals surface area contributed by atoms with Gasteiger partial charge in [0.1, 0.15) is 4.70 Å². The van der Waals surface area contributed by atoms with Gasteiger partial charge in [-0.1, -0.05) is 35.2 Å². The predicted octanol–water partition coefficient (Wildman–Crippen LogP) is 2.20. The molecule has 150 valence electrons. The molecule has 0 radical (unpaired) electrons. The number of aromatic nitrogens is 3. The molecule has 2 heterocycles. The molecule has 4 N–H and O–H groups in total. The van der Waals surface area contributed by atoms with Crippen LogP contribution in [0.4, 0.5) is 19.7 Å². The van der Waals surface area contributed by atoms with Crippen LogP contribution in [0.2, 0.25) is 0 Å². The van der Waals surface area contributed by atoms with Crippen molar-refractivity contribution in [1.82, 2.24) is 19.7 Å². The number of nitrogen functional groups attached to an aromatic ring is 1. The first-order chi connectivity index (χ1) is 13.2. The molecule has 1 aromatic carbocycles. The highest BCUT2D eigenvalue weighted by Crippen LogP contribution is 2.31. The molecule has 0 bridgehead atoms. The van der Waals surface area contributed by atoms with Crippen LogP contribution >= 0.6 is 23.1 Å². The summed E-state index contributed by atoms with van der Waals surface area (Å²) >= 11 is 2.31. The first-order valence-electron chi connectivity index (χ1n) is 7.91. The predicted molar refractivity (Wildman–Crippen MR) is 107 cm³/mol. The quantitative estimate of drug-likeness (QED) is 0.273. The molecule has 13 heteroatoms. The monoisotopic (exact) mass is 446 g/mol. The Morgan fingerprint density at radius 2 is 2.00 bits per heavy atom. The molecule has 3 aromatic rings. The number of anilines is 2. The van der Waals surface area contributed by atoms with E-state index in [4.69, 9.17) is 5.73 Å². The van der Waals surface area contributed by atoms with E-state index in [1.807, 2.05) is 0 Å². The van der Waals surface area contributed by atoms with Crippen molar-refractivity contribution < 1.29 is 17.2 Å². The summed E-state index contributed by atoms with van der Waals surface area (Å²) in [5, 5.41) is 3.63. The maximum Gasteiger partial charge on any atom is 0.208 e. The highest BCUT2D eigenvalue weighted by molar-refractivity contribution is 7.98. The molecule has 0 spiro atoms. The van der Waals surface area contributed by atoms with E-state index in [9.17, 15) is 17.2 Å². The fraction of sp³-hybridized carbons (Fsp3) is 0.267. The third-order valence-corrected chi connectivity index (χ3v) is 5.93. The number of thioether (sulfide) groups is 1. The molecule has 0 saturated heterocycles. The van der Waals surface area contributed by atoms with Crippen molar-refractivity contribution in [1.29, 1.82) is 0 Å². The number of sulfonamides is 1. The summed E-state index contributed by atoms with van der Waals surface area (Å²) in [6, 6.07) is 3.97. The first-order valence-corrected chi connectivity index (χ1v) is 11.6. The van der Waals surface area contributed by atoms with E-state index < -0.39 is 21.7 Å². The number of hydrogen-bond acceptors (Lipinski definition) is 9. The maximum absolute atomic E-state index is 13.8. The molecule has 0 amide bonds. The Hall–Kier alpha value is -2.09. The summed E-state index contributed by atoms with van der Waals surface area (Å²) in [5.41, 5.74) is 6.31. The van der Waals surface area contributed by atoms with E-state index in [0.717, 1.165) is 24.1 Å². The summed E-state index contributed by atoms with van der Waals surface area (Å²) in [4.78, 5) is 12.8. The molecule has 0 aliphatic heterocycles. The molecule has 28 heavy (non-hydrogen) atoms. The van der Waals surface area contributed by atoms with Crippen molar-refractivity contribution in [3.63, 3.8) is 0 Å². The van der Waals surface area contributed by atoms with Gasteiger partial charge in [-0.25, -0.2) is 36.9 Å². The van der Waals surface area contributed by atoms with Crippen molar-refractivity contribution in [2.45, 2.75) is 10.9 Å². The average Bonchev–Trinajstić information content (AvgIpc) is 2.99. The van der Waals surface area contributed by atoms with E-state index >= 15 is 0 Å². The van der Waals surface area contributed by atoms with Gasteiger partial charge in [-0.2, -0.15) is 0 Å².